The molecule has 5 rings (SSSR count). The maximum atomic E-state index is 10.8. The van der Waals surface area contributed by atoms with Gasteiger partial charge in [-0.05, 0) is 37.6 Å². The molecule has 2 saturated heterocycles. The minimum atomic E-state index is -0.754. The smallest absolute Gasteiger partial charge is 0.164 e. The Balaban J connectivity index is 1.45. The summed E-state index contributed by atoms with van der Waals surface area (Å²) in [6, 6.07) is 8.99. The van der Waals surface area contributed by atoms with Gasteiger partial charge in [-0.25, -0.2) is 9.97 Å². The Morgan fingerprint density at radius 2 is 1.83 bits per heavy atom. The van der Waals surface area contributed by atoms with E-state index in [2.05, 4.69) is 9.97 Å². The van der Waals surface area contributed by atoms with Crippen molar-refractivity contribution in [1.82, 2.24) is 14.5 Å². The van der Waals surface area contributed by atoms with Crippen LogP contribution in [0.4, 0.5) is 0 Å². The number of aliphatic hydroxyl groups excluding tert-OH is 1. The molecule has 2 aliphatic rings. The lowest BCUT2D eigenvalue weighted by Crippen LogP contribution is -2.30. The second-order valence-corrected chi connectivity index (χ2v) is 8.85. The van der Waals surface area contributed by atoms with E-state index in [0.29, 0.717) is 22.2 Å². The van der Waals surface area contributed by atoms with E-state index >= 15 is 0 Å². The van der Waals surface area contributed by atoms with Crippen LogP contribution in [0, 0.1) is 0 Å². The number of hydrogen-bond acceptors (Lipinski definition) is 6. The predicted molar refractivity (Wildman–Crippen MR) is 111 cm³/mol. The number of fused-ring (bicyclic) bond motifs is 2. The van der Waals surface area contributed by atoms with Crippen molar-refractivity contribution in [3.05, 3.63) is 58.6 Å². The lowest BCUT2D eigenvalue weighted by Gasteiger charge is -2.26. The van der Waals surface area contributed by atoms with Gasteiger partial charge in [-0.1, -0.05) is 35.3 Å². The van der Waals surface area contributed by atoms with E-state index < -0.39 is 18.1 Å². The van der Waals surface area contributed by atoms with E-state index in [9.17, 15) is 5.11 Å². The van der Waals surface area contributed by atoms with E-state index in [-0.39, 0.29) is 18.3 Å². The van der Waals surface area contributed by atoms with Crippen LogP contribution in [0.3, 0.4) is 0 Å². The van der Waals surface area contributed by atoms with E-state index in [0.717, 1.165) is 10.9 Å². The standard InChI is InChI=1S/C21H21Cl2N3O4/c1-21(2)29-16-15(9-14(27)11-3-5-12(22)6-4-11)28-20(17(16)30-21)26-8-7-13-18(23)24-10-25-19(13)26/h3-8,10,14-17,20,27H,9H2,1-2H3/t14-,15+,16-,17-,20-/m1/s1. The first-order valence-electron chi connectivity index (χ1n) is 9.74. The lowest BCUT2D eigenvalue weighted by atomic mass is 9.99. The largest absolute Gasteiger partial charge is 0.388 e. The zero-order chi connectivity index (χ0) is 21.0. The third-order valence-corrected chi connectivity index (χ3v) is 6.12. The van der Waals surface area contributed by atoms with Crippen LogP contribution in [0.1, 0.15) is 38.2 Å². The fraction of sp³-hybridized carbons (Fsp3) is 0.429. The summed E-state index contributed by atoms with van der Waals surface area (Å²) in [5.41, 5.74) is 1.43. The Bertz CT molecular complexity index is 1070. The van der Waals surface area contributed by atoms with Gasteiger partial charge < -0.3 is 23.9 Å². The molecule has 7 nitrogen and oxygen atoms in total. The van der Waals surface area contributed by atoms with Crippen LogP contribution in [0.2, 0.25) is 10.2 Å². The van der Waals surface area contributed by atoms with Crippen molar-refractivity contribution >= 4 is 34.2 Å². The molecule has 9 heteroatoms. The number of benzene rings is 1. The van der Waals surface area contributed by atoms with Crippen LogP contribution < -0.4 is 0 Å². The number of ether oxygens (including phenoxy) is 3. The fourth-order valence-electron chi connectivity index (χ4n) is 4.26. The summed E-state index contributed by atoms with van der Waals surface area (Å²) in [6.07, 6.45) is 1.38. The maximum Gasteiger partial charge on any atom is 0.164 e. The molecule has 2 aliphatic heterocycles. The van der Waals surface area contributed by atoms with Gasteiger partial charge in [0.1, 0.15) is 29.3 Å². The summed E-state index contributed by atoms with van der Waals surface area (Å²) in [6.45, 7) is 3.75. The molecule has 4 heterocycles. The van der Waals surface area contributed by atoms with Crippen molar-refractivity contribution in [2.24, 2.45) is 0 Å². The minimum absolute atomic E-state index is 0.332. The van der Waals surface area contributed by atoms with Crippen LogP contribution in [-0.2, 0) is 14.2 Å². The van der Waals surface area contributed by atoms with Crippen molar-refractivity contribution in [2.75, 3.05) is 0 Å². The first-order valence-corrected chi connectivity index (χ1v) is 10.5. The summed E-state index contributed by atoms with van der Waals surface area (Å²) in [7, 11) is 0. The Kier molecular flexibility index (Phi) is 5.01. The molecule has 0 saturated carbocycles. The molecule has 0 amide bonds. The van der Waals surface area contributed by atoms with E-state index in [1.54, 1.807) is 12.1 Å². The van der Waals surface area contributed by atoms with Gasteiger partial charge in [-0.15, -0.1) is 0 Å². The monoisotopic (exact) mass is 449 g/mol. The molecule has 0 bridgehead atoms. The molecule has 3 aromatic rings. The number of rotatable bonds is 4. The highest BCUT2D eigenvalue weighted by atomic mass is 35.5. The van der Waals surface area contributed by atoms with Gasteiger partial charge >= 0.3 is 0 Å². The Labute approximate surface area is 183 Å². The van der Waals surface area contributed by atoms with Gasteiger partial charge in [-0.3, -0.25) is 0 Å². The highest BCUT2D eigenvalue weighted by Gasteiger charge is 2.56. The number of aliphatic hydroxyl groups is 1. The minimum Gasteiger partial charge on any atom is -0.388 e. The first-order chi connectivity index (χ1) is 14.3. The molecule has 0 unspecified atom stereocenters. The first kappa shape index (κ1) is 20.2. The highest BCUT2D eigenvalue weighted by Crippen LogP contribution is 2.46. The van der Waals surface area contributed by atoms with Crippen molar-refractivity contribution in [3.63, 3.8) is 0 Å². The molecule has 30 heavy (non-hydrogen) atoms. The van der Waals surface area contributed by atoms with Crippen molar-refractivity contribution in [1.29, 1.82) is 0 Å². The van der Waals surface area contributed by atoms with Crippen LogP contribution in [-0.4, -0.2) is 43.7 Å². The van der Waals surface area contributed by atoms with Gasteiger partial charge in [0.05, 0.1) is 17.6 Å². The average Bonchev–Trinajstić information content (AvgIpc) is 3.35. The number of aromatic nitrogens is 3. The second-order valence-electron chi connectivity index (χ2n) is 8.06. The van der Waals surface area contributed by atoms with E-state index in [1.807, 2.05) is 42.8 Å². The zero-order valence-electron chi connectivity index (χ0n) is 16.4. The van der Waals surface area contributed by atoms with Crippen LogP contribution in [0.25, 0.3) is 11.0 Å². The number of nitrogens with zero attached hydrogens (tertiary/aromatic N) is 3. The van der Waals surface area contributed by atoms with Crippen molar-refractivity contribution < 1.29 is 19.3 Å². The molecular weight excluding hydrogens is 429 g/mol. The second kappa shape index (κ2) is 7.44. The topological polar surface area (TPSA) is 78.6 Å². The molecule has 0 radical (unpaired) electrons. The molecule has 0 spiro atoms. The summed E-state index contributed by atoms with van der Waals surface area (Å²) < 4.78 is 20.6. The van der Waals surface area contributed by atoms with Gasteiger partial charge in [0.2, 0.25) is 0 Å². The quantitative estimate of drug-likeness (QED) is 0.598. The van der Waals surface area contributed by atoms with Gasteiger partial charge in [0.25, 0.3) is 0 Å². The van der Waals surface area contributed by atoms with Crippen molar-refractivity contribution in [3.8, 4) is 0 Å². The normalized spacial score (nSPS) is 28.7. The zero-order valence-corrected chi connectivity index (χ0v) is 17.9. The number of hydrogen-bond donors (Lipinski definition) is 1. The molecular formula is C21H21Cl2N3O4. The fourth-order valence-corrected chi connectivity index (χ4v) is 4.58. The van der Waals surface area contributed by atoms with Crippen molar-refractivity contribution in [2.45, 2.75) is 56.7 Å². The molecule has 0 aliphatic carbocycles. The average molecular weight is 450 g/mol. The SMILES string of the molecule is CC1(C)O[C@@H]2[C@H](O1)[C@H](C[C@@H](O)c1ccc(Cl)cc1)O[C@H]2n1ccc2c(Cl)ncnc21. The Morgan fingerprint density at radius 1 is 1.10 bits per heavy atom. The van der Waals surface area contributed by atoms with Gasteiger partial charge in [0, 0.05) is 17.6 Å². The Morgan fingerprint density at radius 3 is 2.60 bits per heavy atom. The van der Waals surface area contributed by atoms with E-state index in [4.69, 9.17) is 37.4 Å². The summed E-state index contributed by atoms with van der Waals surface area (Å²) >= 11 is 12.2. The summed E-state index contributed by atoms with van der Waals surface area (Å²) in [4.78, 5) is 8.40. The molecule has 5 atom stereocenters. The molecule has 1 N–H and O–H groups in total. The lowest BCUT2D eigenvalue weighted by molar-refractivity contribution is -0.199. The molecule has 1 aromatic carbocycles. The van der Waals surface area contributed by atoms with Crippen LogP contribution in [0.5, 0.6) is 0 Å². The molecule has 2 fully saturated rings. The van der Waals surface area contributed by atoms with Crippen LogP contribution >= 0.6 is 23.2 Å². The molecule has 2 aromatic heterocycles. The maximum absolute atomic E-state index is 10.8. The third-order valence-electron chi connectivity index (χ3n) is 5.57. The molecule has 158 valence electrons. The predicted octanol–water partition coefficient (Wildman–Crippen LogP) is 4.28. The summed E-state index contributed by atoms with van der Waals surface area (Å²) in [5.74, 6) is -0.754. The van der Waals surface area contributed by atoms with E-state index in [1.165, 1.54) is 6.33 Å². The third kappa shape index (κ3) is 3.49. The van der Waals surface area contributed by atoms with Gasteiger partial charge in [0.15, 0.2) is 12.0 Å². The Hall–Kier alpha value is -1.74. The summed E-state index contributed by atoms with van der Waals surface area (Å²) in [5, 5.41) is 12.5. The van der Waals surface area contributed by atoms with Crippen LogP contribution in [0.15, 0.2) is 42.9 Å². The van der Waals surface area contributed by atoms with Gasteiger partial charge in [-0.2, -0.15) is 0 Å². The number of halogens is 2. The highest BCUT2D eigenvalue weighted by molar-refractivity contribution is 6.33.